The Hall–Kier alpha value is -1.75. The summed E-state index contributed by atoms with van der Waals surface area (Å²) in [6, 6.07) is 8.45. The second kappa shape index (κ2) is 5.32. The van der Waals surface area contributed by atoms with Gasteiger partial charge >= 0.3 is 6.03 Å². The molecule has 2 heterocycles. The van der Waals surface area contributed by atoms with Gasteiger partial charge in [0, 0.05) is 36.5 Å². The Morgan fingerprint density at radius 1 is 1.30 bits per heavy atom. The number of nitrogens with one attached hydrogen (secondary N) is 1. The number of anilines is 2. The zero-order valence-electron chi connectivity index (χ0n) is 11.9. The fourth-order valence-corrected chi connectivity index (χ4v) is 3.31. The third-order valence-corrected chi connectivity index (χ3v) is 4.57. The number of fused-ring (bicyclic) bond motifs is 2. The highest BCUT2D eigenvalue weighted by molar-refractivity contribution is 5.89. The molecule has 1 aromatic carbocycles. The molecule has 3 rings (SSSR count). The maximum Gasteiger partial charge on any atom is 0.321 e. The van der Waals surface area contributed by atoms with Crippen LogP contribution in [0.5, 0.6) is 0 Å². The zero-order chi connectivity index (χ0) is 14.1. The van der Waals surface area contributed by atoms with Crippen molar-refractivity contribution in [2.75, 3.05) is 31.2 Å². The number of nitrogen functional groups attached to an aromatic ring is 1. The largest absolute Gasteiger partial charge is 0.399 e. The summed E-state index contributed by atoms with van der Waals surface area (Å²) in [6.45, 7) is 1.65. The van der Waals surface area contributed by atoms with E-state index in [9.17, 15) is 4.79 Å². The molecule has 20 heavy (non-hydrogen) atoms. The maximum absolute atomic E-state index is 12.4. The molecule has 108 valence electrons. The predicted molar refractivity (Wildman–Crippen MR) is 80.6 cm³/mol. The Balaban J connectivity index is 1.65. The first-order valence-corrected chi connectivity index (χ1v) is 7.27. The number of likely N-dealkylation sites (tertiary alicyclic amines) is 1. The number of amides is 2. The van der Waals surface area contributed by atoms with Crippen molar-refractivity contribution in [3.63, 3.8) is 0 Å². The normalized spacial score (nSPS) is 26.4. The van der Waals surface area contributed by atoms with E-state index in [0.717, 1.165) is 25.2 Å². The van der Waals surface area contributed by atoms with E-state index in [0.29, 0.717) is 17.8 Å². The van der Waals surface area contributed by atoms with Crippen molar-refractivity contribution in [2.24, 2.45) is 0 Å². The first-order chi connectivity index (χ1) is 9.63. The van der Waals surface area contributed by atoms with Gasteiger partial charge in [0.25, 0.3) is 0 Å². The highest BCUT2D eigenvalue weighted by Crippen LogP contribution is 2.28. The standard InChI is InChI=1S/C15H22N4O/c1-18-13-5-6-14(18)10-19(8-7-13)15(20)17-12-4-2-3-11(16)9-12/h2-4,9,13-14H,5-8,10,16H2,1H3,(H,17,20). The molecule has 2 atom stereocenters. The molecule has 2 aliphatic rings. The third-order valence-electron chi connectivity index (χ3n) is 4.57. The predicted octanol–water partition coefficient (Wildman–Crippen LogP) is 1.97. The molecule has 2 saturated heterocycles. The summed E-state index contributed by atoms with van der Waals surface area (Å²) in [5, 5.41) is 2.94. The number of urea groups is 1. The summed E-state index contributed by atoms with van der Waals surface area (Å²) < 4.78 is 0. The molecule has 2 amide bonds. The first kappa shape index (κ1) is 13.2. The lowest BCUT2D eigenvalue weighted by Gasteiger charge is -2.26. The van der Waals surface area contributed by atoms with Crippen LogP contribution in [0.2, 0.25) is 0 Å². The van der Waals surface area contributed by atoms with E-state index in [1.807, 2.05) is 23.1 Å². The van der Waals surface area contributed by atoms with Gasteiger partial charge in [-0.3, -0.25) is 4.90 Å². The van der Waals surface area contributed by atoms with Crippen molar-refractivity contribution in [2.45, 2.75) is 31.3 Å². The number of hydrogen-bond donors (Lipinski definition) is 2. The van der Waals surface area contributed by atoms with Crippen molar-refractivity contribution in [3.05, 3.63) is 24.3 Å². The summed E-state index contributed by atoms with van der Waals surface area (Å²) in [5.74, 6) is 0. The Morgan fingerprint density at radius 2 is 2.10 bits per heavy atom. The number of nitrogens with zero attached hydrogens (tertiary/aromatic N) is 2. The lowest BCUT2D eigenvalue weighted by atomic mass is 10.1. The SMILES string of the molecule is CN1C2CCC1CN(C(=O)Nc1cccc(N)c1)CC2. The molecule has 2 fully saturated rings. The Kier molecular flexibility index (Phi) is 3.53. The van der Waals surface area contributed by atoms with Crippen molar-refractivity contribution >= 4 is 17.4 Å². The quantitative estimate of drug-likeness (QED) is 0.770. The van der Waals surface area contributed by atoms with Crippen LogP contribution in [0.3, 0.4) is 0 Å². The molecular formula is C15H22N4O. The van der Waals surface area contributed by atoms with E-state index in [2.05, 4.69) is 17.3 Å². The highest BCUT2D eigenvalue weighted by Gasteiger charge is 2.35. The van der Waals surface area contributed by atoms with Crippen molar-refractivity contribution in [3.8, 4) is 0 Å². The molecule has 5 nitrogen and oxygen atoms in total. The second-order valence-electron chi connectivity index (χ2n) is 5.84. The summed E-state index contributed by atoms with van der Waals surface area (Å²) in [5.41, 5.74) is 7.16. The molecule has 0 aromatic heterocycles. The highest BCUT2D eigenvalue weighted by atomic mass is 16.2. The van der Waals surface area contributed by atoms with E-state index in [4.69, 9.17) is 5.73 Å². The molecule has 0 saturated carbocycles. The van der Waals surface area contributed by atoms with E-state index < -0.39 is 0 Å². The van der Waals surface area contributed by atoms with Crippen LogP contribution in [0.4, 0.5) is 16.2 Å². The Labute approximate surface area is 119 Å². The van der Waals surface area contributed by atoms with Gasteiger partial charge in [-0.2, -0.15) is 0 Å². The molecule has 2 aliphatic heterocycles. The fourth-order valence-electron chi connectivity index (χ4n) is 3.31. The summed E-state index contributed by atoms with van der Waals surface area (Å²) in [6.07, 6.45) is 3.53. The molecule has 3 N–H and O–H groups in total. The molecule has 2 unspecified atom stereocenters. The molecule has 0 spiro atoms. The van der Waals surface area contributed by atoms with Crippen LogP contribution < -0.4 is 11.1 Å². The van der Waals surface area contributed by atoms with Gasteiger partial charge in [-0.05, 0) is 44.5 Å². The molecular weight excluding hydrogens is 252 g/mol. The number of likely N-dealkylation sites (N-methyl/N-ethyl adjacent to an activating group) is 1. The van der Waals surface area contributed by atoms with Gasteiger partial charge in [-0.1, -0.05) is 6.07 Å². The van der Waals surface area contributed by atoms with Crippen LogP contribution in [0.1, 0.15) is 19.3 Å². The van der Waals surface area contributed by atoms with Gasteiger partial charge in [0.1, 0.15) is 0 Å². The number of hydrogen-bond acceptors (Lipinski definition) is 3. The number of rotatable bonds is 1. The number of carbonyl (C=O) groups excluding carboxylic acids is 1. The monoisotopic (exact) mass is 274 g/mol. The van der Waals surface area contributed by atoms with Crippen molar-refractivity contribution in [1.29, 1.82) is 0 Å². The number of carbonyl (C=O) groups is 1. The maximum atomic E-state index is 12.4. The summed E-state index contributed by atoms with van der Waals surface area (Å²) in [4.78, 5) is 16.7. The van der Waals surface area contributed by atoms with E-state index >= 15 is 0 Å². The summed E-state index contributed by atoms with van der Waals surface area (Å²) >= 11 is 0. The molecule has 2 bridgehead atoms. The van der Waals surface area contributed by atoms with Crippen molar-refractivity contribution < 1.29 is 4.79 Å². The first-order valence-electron chi connectivity index (χ1n) is 7.27. The lowest BCUT2D eigenvalue weighted by Crippen LogP contribution is -2.41. The second-order valence-corrected chi connectivity index (χ2v) is 5.84. The van der Waals surface area contributed by atoms with Gasteiger partial charge in [-0.25, -0.2) is 4.79 Å². The zero-order valence-corrected chi connectivity index (χ0v) is 11.9. The topological polar surface area (TPSA) is 61.6 Å². The minimum atomic E-state index is -0.0171. The lowest BCUT2D eigenvalue weighted by molar-refractivity contribution is 0.200. The van der Waals surface area contributed by atoms with Crippen LogP contribution in [0.15, 0.2) is 24.3 Å². The van der Waals surface area contributed by atoms with Crippen LogP contribution in [0.25, 0.3) is 0 Å². The minimum Gasteiger partial charge on any atom is -0.399 e. The summed E-state index contributed by atoms with van der Waals surface area (Å²) in [7, 11) is 2.18. The Morgan fingerprint density at radius 3 is 2.90 bits per heavy atom. The smallest absolute Gasteiger partial charge is 0.321 e. The van der Waals surface area contributed by atoms with Crippen LogP contribution in [0, 0.1) is 0 Å². The van der Waals surface area contributed by atoms with E-state index in [1.54, 1.807) is 6.07 Å². The van der Waals surface area contributed by atoms with Gasteiger partial charge in [0.05, 0.1) is 0 Å². The van der Waals surface area contributed by atoms with Crippen molar-refractivity contribution in [1.82, 2.24) is 9.80 Å². The minimum absolute atomic E-state index is 0.0171. The van der Waals surface area contributed by atoms with Gasteiger partial charge < -0.3 is 16.0 Å². The van der Waals surface area contributed by atoms with Gasteiger partial charge in [0.15, 0.2) is 0 Å². The molecule has 1 aromatic rings. The van der Waals surface area contributed by atoms with Gasteiger partial charge in [0.2, 0.25) is 0 Å². The number of benzene rings is 1. The average Bonchev–Trinajstić information content (AvgIpc) is 2.63. The Bertz CT molecular complexity index is 504. The molecule has 0 radical (unpaired) electrons. The average molecular weight is 274 g/mol. The van der Waals surface area contributed by atoms with Crippen LogP contribution in [-0.4, -0.2) is 48.1 Å². The van der Waals surface area contributed by atoms with Crippen LogP contribution in [-0.2, 0) is 0 Å². The van der Waals surface area contributed by atoms with E-state index in [1.165, 1.54) is 12.8 Å². The van der Waals surface area contributed by atoms with E-state index in [-0.39, 0.29) is 6.03 Å². The molecule has 0 aliphatic carbocycles. The third kappa shape index (κ3) is 2.58. The molecule has 5 heteroatoms. The van der Waals surface area contributed by atoms with Crippen LogP contribution >= 0.6 is 0 Å². The van der Waals surface area contributed by atoms with Gasteiger partial charge in [-0.15, -0.1) is 0 Å². The number of nitrogens with two attached hydrogens (primary N) is 1. The fraction of sp³-hybridized carbons (Fsp3) is 0.533.